The first-order valence-electron chi connectivity index (χ1n) is 7.60. The summed E-state index contributed by atoms with van der Waals surface area (Å²) >= 11 is 0. The highest BCUT2D eigenvalue weighted by Crippen LogP contribution is 2.35. The third-order valence-electron chi connectivity index (χ3n) is 3.78. The van der Waals surface area contributed by atoms with Crippen LogP contribution >= 0.6 is 0 Å². The van der Waals surface area contributed by atoms with E-state index in [9.17, 15) is 14.0 Å². The molecular weight excluding hydrogens is 311 g/mol. The molecule has 0 bridgehead atoms. The molecule has 6 heteroatoms. The smallest absolute Gasteiger partial charge is 0.261 e. The Labute approximate surface area is 139 Å². The fourth-order valence-electron chi connectivity index (χ4n) is 2.71. The zero-order chi connectivity index (χ0) is 17.3. The van der Waals surface area contributed by atoms with Gasteiger partial charge in [-0.25, -0.2) is 4.39 Å². The normalized spacial score (nSPS) is 16.1. The molecule has 2 amide bonds. The average Bonchev–Trinajstić information content (AvgIpc) is 2.55. The van der Waals surface area contributed by atoms with E-state index in [1.807, 2.05) is 13.0 Å². The van der Waals surface area contributed by atoms with Gasteiger partial charge in [0.05, 0.1) is 17.3 Å². The van der Waals surface area contributed by atoms with Crippen LogP contribution in [0.15, 0.2) is 42.5 Å². The van der Waals surface area contributed by atoms with Crippen LogP contribution in [0, 0.1) is 5.82 Å². The van der Waals surface area contributed by atoms with Crippen LogP contribution in [0.2, 0.25) is 0 Å². The third kappa shape index (κ3) is 2.95. The molecule has 124 valence electrons. The van der Waals surface area contributed by atoms with Crippen LogP contribution in [0.5, 0.6) is 5.75 Å². The summed E-state index contributed by atoms with van der Waals surface area (Å²) in [6.45, 7) is 3.52. The SMILES string of the molecule is CC(=O)Nc1ccc(F)c(C(=O)N2c3ccccc3OCC2C)c1. The molecule has 1 aliphatic heterocycles. The summed E-state index contributed by atoms with van der Waals surface area (Å²) in [5.41, 5.74) is 0.886. The standard InChI is InChI=1S/C18H17FN2O3/c1-11-10-24-17-6-4-3-5-16(17)21(11)18(23)14-9-13(20-12(2)22)7-8-15(14)19/h3-9,11H,10H2,1-2H3,(H,20,22). The predicted molar refractivity (Wildman–Crippen MR) is 88.9 cm³/mol. The number of nitrogens with one attached hydrogen (secondary N) is 1. The van der Waals surface area contributed by atoms with Gasteiger partial charge in [0.25, 0.3) is 5.91 Å². The van der Waals surface area contributed by atoms with E-state index in [-0.39, 0.29) is 17.5 Å². The van der Waals surface area contributed by atoms with Crippen molar-refractivity contribution in [2.75, 3.05) is 16.8 Å². The molecule has 0 radical (unpaired) electrons. The minimum absolute atomic E-state index is 0.0928. The second-order valence-electron chi connectivity index (χ2n) is 5.68. The molecule has 2 aromatic carbocycles. The molecule has 3 rings (SSSR count). The van der Waals surface area contributed by atoms with E-state index in [0.717, 1.165) is 0 Å². The van der Waals surface area contributed by atoms with E-state index in [0.29, 0.717) is 23.7 Å². The quantitative estimate of drug-likeness (QED) is 0.921. The first-order chi connectivity index (χ1) is 11.5. The van der Waals surface area contributed by atoms with Crippen LogP contribution in [0.3, 0.4) is 0 Å². The van der Waals surface area contributed by atoms with Gasteiger partial charge in [0, 0.05) is 12.6 Å². The Kier molecular flexibility index (Phi) is 4.20. The number of benzene rings is 2. The van der Waals surface area contributed by atoms with E-state index < -0.39 is 11.7 Å². The third-order valence-corrected chi connectivity index (χ3v) is 3.78. The second-order valence-corrected chi connectivity index (χ2v) is 5.68. The first kappa shape index (κ1) is 16.0. The summed E-state index contributed by atoms with van der Waals surface area (Å²) in [5.74, 6) is -0.805. The van der Waals surface area contributed by atoms with Crippen molar-refractivity contribution in [3.05, 3.63) is 53.8 Å². The zero-order valence-corrected chi connectivity index (χ0v) is 13.4. The van der Waals surface area contributed by atoms with Crippen molar-refractivity contribution >= 4 is 23.2 Å². The summed E-state index contributed by atoms with van der Waals surface area (Å²) in [4.78, 5) is 25.7. The number of para-hydroxylation sites is 2. The largest absolute Gasteiger partial charge is 0.489 e. The van der Waals surface area contributed by atoms with Gasteiger partial charge in [-0.1, -0.05) is 12.1 Å². The van der Waals surface area contributed by atoms with Gasteiger partial charge in [-0.3, -0.25) is 14.5 Å². The number of carbonyl (C=O) groups is 2. The summed E-state index contributed by atoms with van der Waals surface area (Å²) < 4.78 is 19.8. The molecule has 0 aromatic heterocycles. The lowest BCUT2D eigenvalue weighted by Crippen LogP contribution is -2.45. The van der Waals surface area contributed by atoms with Gasteiger partial charge in [0.1, 0.15) is 18.2 Å². The van der Waals surface area contributed by atoms with Crippen LogP contribution in [-0.4, -0.2) is 24.5 Å². The van der Waals surface area contributed by atoms with Crippen molar-refractivity contribution in [2.24, 2.45) is 0 Å². The Balaban J connectivity index is 2.01. The topological polar surface area (TPSA) is 58.6 Å². The number of halogens is 1. The van der Waals surface area contributed by atoms with Crippen molar-refractivity contribution in [2.45, 2.75) is 19.9 Å². The summed E-state index contributed by atoms with van der Waals surface area (Å²) in [5, 5.41) is 2.56. The maximum absolute atomic E-state index is 14.2. The number of anilines is 2. The molecule has 0 spiro atoms. The average molecular weight is 328 g/mol. The van der Waals surface area contributed by atoms with E-state index in [4.69, 9.17) is 4.74 Å². The maximum Gasteiger partial charge on any atom is 0.261 e. The molecule has 5 nitrogen and oxygen atoms in total. The molecule has 24 heavy (non-hydrogen) atoms. The number of fused-ring (bicyclic) bond motifs is 1. The van der Waals surface area contributed by atoms with Crippen molar-refractivity contribution in [1.82, 2.24) is 0 Å². The minimum Gasteiger partial charge on any atom is -0.489 e. The van der Waals surface area contributed by atoms with Crippen LogP contribution in [0.25, 0.3) is 0 Å². The van der Waals surface area contributed by atoms with Crippen LogP contribution in [0.1, 0.15) is 24.2 Å². The maximum atomic E-state index is 14.2. The van der Waals surface area contributed by atoms with E-state index in [2.05, 4.69) is 5.32 Å². The number of ether oxygens (including phenoxy) is 1. The molecule has 1 N–H and O–H groups in total. The van der Waals surface area contributed by atoms with Gasteiger partial charge >= 0.3 is 0 Å². The van der Waals surface area contributed by atoms with E-state index >= 15 is 0 Å². The molecule has 0 aliphatic carbocycles. The number of rotatable bonds is 2. The Morgan fingerprint density at radius 2 is 2.00 bits per heavy atom. The molecule has 1 unspecified atom stereocenters. The second kappa shape index (κ2) is 6.31. The Morgan fingerprint density at radius 3 is 2.75 bits per heavy atom. The van der Waals surface area contributed by atoms with Gasteiger partial charge in [-0.2, -0.15) is 0 Å². The van der Waals surface area contributed by atoms with Crippen molar-refractivity contribution in [3.8, 4) is 5.75 Å². The monoisotopic (exact) mass is 328 g/mol. The van der Waals surface area contributed by atoms with E-state index in [1.165, 1.54) is 30.0 Å². The van der Waals surface area contributed by atoms with Crippen LogP contribution < -0.4 is 15.0 Å². The number of amides is 2. The highest BCUT2D eigenvalue weighted by atomic mass is 19.1. The zero-order valence-electron chi connectivity index (χ0n) is 13.4. The Bertz CT molecular complexity index is 807. The first-order valence-corrected chi connectivity index (χ1v) is 7.60. The molecule has 0 saturated heterocycles. The van der Waals surface area contributed by atoms with Gasteiger partial charge < -0.3 is 10.1 Å². The number of carbonyl (C=O) groups excluding carboxylic acids is 2. The molecule has 1 heterocycles. The number of hydrogen-bond acceptors (Lipinski definition) is 3. The van der Waals surface area contributed by atoms with Crippen LogP contribution in [-0.2, 0) is 4.79 Å². The van der Waals surface area contributed by atoms with Gasteiger partial charge in [0.2, 0.25) is 5.91 Å². The summed E-state index contributed by atoms with van der Waals surface area (Å²) in [6.07, 6.45) is 0. The number of nitrogens with zero attached hydrogens (tertiary/aromatic N) is 1. The molecule has 2 aromatic rings. The number of hydrogen-bond donors (Lipinski definition) is 1. The lowest BCUT2D eigenvalue weighted by molar-refractivity contribution is -0.114. The van der Waals surface area contributed by atoms with Crippen LogP contribution in [0.4, 0.5) is 15.8 Å². The van der Waals surface area contributed by atoms with Crippen molar-refractivity contribution in [3.63, 3.8) is 0 Å². The molecule has 1 atom stereocenters. The lowest BCUT2D eigenvalue weighted by atomic mass is 10.1. The highest BCUT2D eigenvalue weighted by molar-refractivity contribution is 6.08. The minimum atomic E-state index is -0.634. The highest BCUT2D eigenvalue weighted by Gasteiger charge is 2.31. The molecule has 0 saturated carbocycles. The Hall–Kier alpha value is -2.89. The molecular formula is C18H17FN2O3. The van der Waals surface area contributed by atoms with Gasteiger partial charge in [0.15, 0.2) is 0 Å². The lowest BCUT2D eigenvalue weighted by Gasteiger charge is -2.35. The summed E-state index contributed by atoms with van der Waals surface area (Å²) in [6, 6.07) is 10.9. The molecule has 0 fully saturated rings. The fourth-order valence-corrected chi connectivity index (χ4v) is 2.71. The Morgan fingerprint density at radius 1 is 1.25 bits per heavy atom. The summed E-state index contributed by atoms with van der Waals surface area (Å²) in [7, 11) is 0. The fraction of sp³-hybridized carbons (Fsp3) is 0.222. The van der Waals surface area contributed by atoms with Crippen molar-refractivity contribution < 1.29 is 18.7 Å². The van der Waals surface area contributed by atoms with Crippen molar-refractivity contribution in [1.29, 1.82) is 0 Å². The van der Waals surface area contributed by atoms with E-state index in [1.54, 1.807) is 18.2 Å². The molecule has 1 aliphatic rings. The predicted octanol–water partition coefficient (Wildman–Crippen LogP) is 3.21. The van der Waals surface area contributed by atoms with Gasteiger partial charge in [-0.05, 0) is 37.3 Å². The van der Waals surface area contributed by atoms with Gasteiger partial charge in [-0.15, -0.1) is 0 Å².